The van der Waals surface area contributed by atoms with Gasteiger partial charge in [0, 0.05) is 36.7 Å². The molecule has 1 spiro atoms. The van der Waals surface area contributed by atoms with Gasteiger partial charge in [-0.25, -0.2) is 4.79 Å². The summed E-state index contributed by atoms with van der Waals surface area (Å²) in [4.78, 5) is 80.7. The molecule has 1 saturated carbocycles. The molecule has 13 nitrogen and oxygen atoms in total. The van der Waals surface area contributed by atoms with E-state index in [1.807, 2.05) is 0 Å². The Morgan fingerprint density at radius 3 is 2.32 bits per heavy atom. The summed E-state index contributed by atoms with van der Waals surface area (Å²) in [6, 6.07) is 2.52. The number of ether oxygens (including phenoxy) is 3. The van der Waals surface area contributed by atoms with Crippen molar-refractivity contribution in [2.45, 2.75) is 44.4 Å². The number of pyridine rings is 1. The first-order valence-electron chi connectivity index (χ1n) is 13.7. The van der Waals surface area contributed by atoms with Gasteiger partial charge in [0.05, 0.1) is 22.6 Å². The molecule has 3 aliphatic carbocycles. The van der Waals surface area contributed by atoms with Gasteiger partial charge in [-0.3, -0.25) is 24.0 Å². The van der Waals surface area contributed by atoms with Crippen molar-refractivity contribution in [1.82, 2.24) is 4.57 Å². The second-order valence-corrected chi connectivity index (χ2v) is 11.8. The number of fused-ring (bicyclic) bond motifs is 4. The summed E-state index contributed by atoms with van der Waals surface area (Å²) >= 11 is 0. The fourth-order valence-electron chi connectivity index (χ4n) is 8.55. The van der Waals surface area contributed by atoms with Gasteiger partial charge in [-0.2, -0.15) is 0 Å². The minimum Gasteiger partial charge on any atom is -0.507 e. The van der Waals surface area contributed by atoms with Gasteiger partial charge in [-0.15, -0.1) is 0 Å². The number of Topliss-reactive ketones (excluding diaryl/α,β-unsaturated/α-hetero) is 2. The third-order valence-corrected chi connectivity index (χ3v) is 9.75. The number of hydrogen-bond acceptors (Lipinski definition) is 11. The normalized spacial score (nSPS) is 27.5. The zero-order valence-corrected chi connectivity index (χ0v) is 23.8. The number of aryl methyl sites for hydroxylation is 2. The molecule has 0 unspecified atom stereocenters. The third kappa shape index (κ3) is 2.92. The first kappa shape index (κ1) is 27.8. The molecule has 7 rings (SSSR count). The number of hydrogen-bond donors (Lipinski definition) is 3. The SMILES string of the molecule is CO[C@@]12c3c(C)cc(O)c4c(=O)n(CC(=O)O)cc(c34)C(=O)[C@@H]1[C@]13COC(=O)c4c(O)cc(C)c(c41)C(=O)[C@H]2[C@@H]3OC(C)=O. The molecule has 1 aromatic heterocycles. The maximum atomic E-state index is 15.0. The second kappa shape index (κ2) is 8.53. The average molecular weight is 604 g/mol. The van der Waals surface area contributed by atoms with Crippen LogP contribution in [0.5, 0.6) is 11.5 Å². The number of nitrogens with zero attached hydrogens (tertiary/aromatic N) is 1. The molecule has 2 bridgehead atoms. The van der Waals surface area contributed by atoms with Crippen molar-refractivity contribution >= 4 is 40.2 Å². The number of benzene rings is 2. The molecule has 4 aliphatic rings. The summed E-state index contributed by atoms with van der Waals surface area (Å²) in [5.41, 5.74) is -4.13. The Labute approximate surface area is 247 Å². The fraction of sp³-hybridized carbons (Fsp3) is 0.355. The van der Waals surface area contributed by atoms with E-state index in [1.54, 1.807) is 13.8 Å². The number of esters is 2. The van der Waals surface area contributed by atoms with E-state index in [0.29, 0.717) is 11.1 Å². The van der Waals surface area contributed by atoms with Crippen molar-refractivity contribution in [2.75, 3.05) is 13.7 Å². The second-order valence-electron chi connectivity index (χ2n) is 11.8. The van der Waals surface area contributed by atoms with Crippen molar-refractivity contribution in [2.24, 2.45) is 11.8 Å². The van der Waals surface area contributed by atoms with E-state index in [1.165, 1.54) is 19.2 Å². The molecule has 1 fully saturated rings. The predicted molar refractivity (Wildman–Crippen MR) is 147 cm³/mol. The number of ketones is 2. The molecular formula is C31H25NO12. The van der Waals surface area contributed by atoms with E-state index in [0.717, 1.165) is 17.7 Å². The smallest absolute Gasteiger partial charge is 0.342 e. The van der Waals surface area contributed by atoms with E-state index in [2.05, 4.69) is 0 Å². The Morgan fingerprint density at radius 1 is 1.00 bits per heavy atom. The van der Waals surface area contributed by atoms with Gasteiger partial charge in [-0.1, -0.05) is 0 Å². The summed E-state index contributed by atoms with van der Waals surface area (Å²) in [7, 11) is 1.27. The van der Waals surface area contributed by atoms with Gasteiger partial charge in [0.25, 0.3) is 5.56 Å². The van der Waals surface area contributed by atoms with Gasteiger partial charge in [0.15, 0.2) is 11.6 Å². The number of carboxylic acids is 1. The molecule has 0 amide bonds. The molecule has 0 saturated heterocycles. The van der Waals surface area contributed by atoms with E-state index in [9.17, 15) is 44.1 Å². The first-order valence-corrected chi connectivity index (χ1v) is 13.7. The number of cyclic esters (lactones) is 1. The van der Waals surface area contributed by atoms with Gasteiger partial charge >= 0.3 is 17.9 Å². The molecule has 0 radical (unpaired) electrons. The standard InChI is InChI=1S/C31H25NO12/c1-10-5-15(35)20-22-17(10)25(39)23-27(44-12(3)33)30(22,9-43-29(20)41)26-24(38)13-7-32(8-16(36)37)28(40)19-14(34)6-11(2)21(18(13)19)31(23,26)42-4/h5-7,23,26-27,34-35H,8-9H2,1-4H3,(H,36,37)/t23-,26+,27-,30-,31+/m0/s1. The highest BCUT2D eigenvalue weighted by molar-refractivity contribution is 6.19. The molecule has 44 heavy (non-hydrogen) atoms. The number of methoxy groups -OCH3 is 1. The van der Waals surface area contributed by atoms with Crippen LogP contribution in [0, 0.1) is 25.7 Å². The van der Waals surface area contributed by atoms with E-state index in [-0.39, 0.29) is 38.6 Å². The Hall–Kier alpha value is -5.04. The van der Waals surface area contributed by atoms with E-state index >= 15 is 0 Å². The molecule has 2 aromatic carbocycles. The van der Waals surface area contributed by atoms with Crippen molar-refractivity contribution in [3.8, 4) is 11.5 Å². The lowest BCUT2D eigenvalue weighted by Gasteiger charge is -2.47. The maximum Gasteiger partial charge on any atom is 0.342 e. The highest BCUT2D eigenvalue weighted by atomic mass is 16.6. The Bertz CT molecular complexity index is 2020. The molecule has 2 heterocycles. The number of carbonyl (C=O) groups is 5. The number of aromatic hydroxyl groups is 2. The Balaban J connectivity index is 1.71. The topological polar surface area (TPSA) is 196 Å². The monoisotopic (exact) mass is 603 g/mol. The minimum atomic E-state index is -1.93. The Morgan fingerprint density at radius 2 is 1.68 bits per heavy atom. The molecule has 13 heteroatoms. The molecule has 5 atom stereocenters. The van der Waals surface area contributed by atoms with E-state index in [4.69, 9.17) is 14.2 Å². The minimum absolute atomic E-state index is 0.00556. The molecular weight excluding hydrogens is 578 g/mol. The molecule has 226 valence electrons. The van der Waals surface area contributed by atoms with Gasteiger partial charge in [0.2, 0.25) is 0 Å². The number of carbonyl (C=O) groups excluding carboxylic acids is 4. The molecule has 1 aliphatic heterocycles. The van der Waals surface area contributed by atoms with Crippen LogP contribution in [0.1, 0.15) is 60.3 Å². The maximum absolute atomic E-state index is 15.0. The molecule has 3 N–H and O–H groups in total. The number of carboxylic acid groups (broad SMARTS) is 1. The number of phenolic OH excluding ortho intramolecular Hbond substituents is 2. The van der Waals surface area contributed by atoms with Crippen LogP contribution < -0.4 is 5.56 Å². The number of aromatic nitrogens is 1. The largest absolute Gasteiger partial charge is 0.507 e. The van der Waals surface area contributed by atoms with Crippen LogP contribution in [-0.4, -0.2) is 69.2 Å². The zero-order valence-electron chi connectivity index (χ0n) is 23.8. The predicted octanol–water partition coefficient (Wildman–Crippen LogP) is 1.63. The summed E-state index contributed by atoms with van der Waals surface area (Å²) < 4.78 is 18.5. The van der Waals surface area contributed by atoms with Gasteiger partial charge in [0.1, 0.15) is 41.9 Å². The van der Waals surface area contributed by atoms with Crippen molar-refractivity contribution in [1.29, 1.82) is 0 Å². The lowest BCUT2D eigenvalue weighted by atomic mass is 9.59. The lowest BCUT2D eigenvalue weighted by molar-refractivity contribution is -0.154. The Kier molecular flexibility index (Phi) is 5.39. The van der Waals surface area contributed by atoms with Gasteiger partial charge < -0.3 is 34.1 Å². The highest BCUT2D eigenvalue weighted by Gasteiger charge is 2.80. The van der Waals surface area contributed by atoms with Crippen LogP contribution in [0.2, 0.25) is 0 Å². The fourth-order valence-corrected chi connectivity index (χ4v) is 8.55. The summed E-state index contributed by atoms with van der Waals surface area (Å²) in [5, 5.41) is 31.1. The van der Waals surface area contributed by atoms with Crippen molar-refractivity contribution in [3.63, 3.8) is 0 Å². The summed E-state index contributed by atoms with van der Waals surface area (Å²) in [6.45, 7) is 2.94. The summed E-state index contributed by atoms with van der Waals surface area (Å²) in [6.07, 6.45) is -0.341. The molecule has 3 aromatic rings. The number of rotatable bonds is 4. The van der Waals surface area contributed by atoms with Gasteiger partial charge in [-0.05, 0) is 48.2 Å². The zero-order chi connectivity index (χ0) is 31.8. The van der Waals surface area contributed by atoms with Crippen molar-refractivity contribution < 1.29 is 53.5 Å². The quantitative estimate of drug-likeness (QED) is 0.365. The van der Waals surface area contributed by atoms with E-state index < -0.39 is 88.6 Å². The van der Waals surface area contributed by atoms with Crippen LogP contribution in [0.25, 0.3) is 10.8 Å². The van der Waals surface area contributed by atoms with Crippen LogP contribution in [0.15, 0.2) is 23.1 Å². The number of phenols is 2. The first-order chi connectivity index (χ1) is 20.7. The number of aliphatic carboxylic acids is 1. The van der Waals surface area contributed by atoms with Crippen LogP contribution in [-0.2, 0) is 41.4 Å². The van der Waals surface area contributed by atoms with Crippen LogP contribution in [0.3, 0.4) is 0 Å². The van der Waals surface area contributed by atoms with Crippen LogP contribution >= 0.6 is 0 Å². The average Bonchev–Trinajstić information content (AvgIpc) is 3.11. The van der Waals surface area contributed by atoms with Crippen molar-refractivity contribution in [3.05, 3.63) is 67.6 Å². The van der Waals surface area contributed by atoms with Crippen LogP contribution in [0.4, 0.5) is 0 Å². The lowest BCUT2D eigenvalue weighted by Crippen LogP contribution is -2.57. The third-order valence-electron chi connectivity index (χ3n) is 9.75. The summed E-state index contributed by atoms with van der Waals surface area (Å²) in [5.74, 6) is -8.29. The highest BCUT2D eigenvalue weighted by Crippen LogP contribution is 2.70.